The summed E-state index contributed by atoms with van der Waals surface area (Å²) in [4.78, 5) is 17.3. The molecule has 0 aromatic carbocycles. The SMILES string of the molecule is CN(Cc1cccnc1)Cc1c(C(=O)O)nnn1-c1nonc1N. The average molecular weight is 330 g/mol. The van der Waals surface area contributed by atoms with E-state index in [1.807, 2.05) is 24.1 Å². The number of carboxylic acid groups (broad SMARTS) is 1. The second-order valence-electron chi connectivity index (χ2n) is 5.11. The van der Waals surface area contributed by atoms with E-state index < -0.39 is 5.97 Å². The van der Waals surface area contributed by atoms with Crippen LogP contribution in [0.4, 0.5) is 5.82 Å². The number of nitrogens with two attached hydrogens (primary N) is 1. The van der Waals surface area contributed by atoms with Crippen LogP contribution in [0.3, 0.4) is 0 Å². The molecule has 0 aliphatic carbocycles. The van der Waals surface area contributed by atoms with Crippen LogP contribution in [0, 0.1) is 0 Å². The lowest BCUT2D eigenvalue weighted by Gasteiger charge is -2.16. The molecule has 11 nitrogen and oxygen atoms in total. The molecule has 0 atom stereocenters. The van der Waals surface area contributed by atoms with Crippen molar-refractivity contribution in [3.05, 3.63) is 41.5 Å². The molecule has 3 aromatic rings. The summed E-state index contributed by atoms with van der Waals surface area (Å²) >= 11 is 0. The monoisotopic (exact) mass is 330 g/mol. The van der Waals surface area contributed by atoms with Crippen LogP contribution < -0.4 is 5.73 Å². The van der Waals surface area contributed by atoms with Crippen molar-refractivity contribution in [3.8, 4) is 5.82 Å². The van der Waals surface area contributed by atoms with Gasteiger partial charge in [0.1, 0.15) is 0 Å². The minimum Gasteiger partial charge on any atom is -0.476 e. The van der Waals surface area contributed by atoms with Gasteiger partial charge in [-0.1, -0.05) is 11.3 Å². The number of carboxylic acids is 1. The van der Waals surface area contributed by atoms with E-state index in [9.17, 15) is 9.90 Å². The Balaban J connectivity index is 1.90. The molecule has 0 fully saturated rings. The third-order valence-corrected chi connectivity index (χ3v) is 3.26. The Bertz CT molecular complexity index is 844. The lowest BCUT2D eigenvalue weighted by Crippen LogP contribution is -2.21. The quantitative estimate of drug-likeness (QED) is 0.630. The minimum absolute atomic E-state index is 0.00648. The summed E-state index contributed by atoms with van der Waals surface area (Å²) in [6.45, 7) is 0.806. The number of aromatic carboxylic acids is 1. The summed E-state index contributed by atoms with van der Waals surface area (Å²) in [6, 6.07) is 3.76. The Morgan fingerprint density at radius 3 is 2.88 bits per heavy atom. The smallest absolute Gasteiger partial charge is 0.358 e. The number of hydrogen-bond donors (Lipinski definition) is 2. The molecule has 0 bridgehead atoms. The maximum Gasteiger partial charge on any atom is 0.358 e. The largest absolute Gasteiger partial charge is 0.476 e. The van der Waals surface area contributed by atoms with Crippen LogP contribution in [-0.2, 0) is 13.1 Å². The molecule has 3 rings (SSSR count). The molecule has 11 heteroatoms. The molecule has 124 valence electrons. The van der Waals surface area contributed by atoms with Crippen LogP contribution in [0.2, 0.25) is 0 Å². The number of carbonyl (C=O) groups is 1. The van der Waals surface area contributed by atoms with Gasteiger partial charge >= 0.3 is 5.97 Å². The zero-order valence-corrected chi connectivity index (χ0v) is 12.7. The molecule has 0 amide bonds. The van der Waals surface area contributed by atoms with Crippen LogP contribution in [0.5, 0.6) is 0 Å². The van der Waals surface area contributed by atoms with Gasteiger partial charge in [-0.05, 0) is 29.0 Å². The molecule has 3 N–H and O–H groups in total. The van der Waals surface area contributed by atoms with Gasteiger partial charge in [-0.2, -0.15) is 4.68 Å². The number of nitrogens with zero attached hydrogens (tertiary/aromatic N) is 7. The average Bonchev–Trinajstić information content (AvgIpc) is 3.14. The molecule has 0 saturated carbocycles. The fraction of sp³-hybridized carbons (Fsp3) is 0.231. The van der Waals surface area contributed by atoms with Crippen molar-refractivity contribution in [3.63, 3.8) is 0 Å². The highest BCUT2D eigenvalue weighted by atomic mass is 16.6. The van der Waals surface area contributed by atoms with Crippen molar-refractivity contribution in [2.75, 3.05) is 12.8 Å². The Labute approximate surface area is 135 Å². The van der Waals surface area contributed by atoms with Crippen molar-refractivity contribution in [1.82, 2.24) is 35.2 Å². The van der Waals surface area contributed by atoms with Gasteiger partial charge in [0.15, 0.2) is 5.69 Å². The Morgan fingerprint density at radius 2 is 2.25 bits per heavy atom. The number of rotatable bonds is 6. The zero-order chi connectivity index (χ0) is 17.1. The van der Waals surface area contributed by atoms with Gasteiger partial charge in [0, 0.05) is 25.5 Å². The first-order valence-corrected chi connectivity index (χ1v) is 6.90. The molecule has 0 unspecified atom stereocenters. The van der Waals surface area contributed by atoms with E-state index in [0.29, 0.717) is 12.2 Å². The molecule has 0 radical (unpaired) electrons. The van der Waals surface area contributed by atoms with Crippen molar-refractivity contribution in [2.45, 2.75) is 13.1 Å². The molecule has 0 saturated heterocycles. The maximum absolute atomic E-state index is 11.4. The van der Waals surface area contributed by atoms with Crippen molar-refractivity contribution in [1.29, 1.82) is 0 Å². The van der Waals surface area contributed by atoms with Crippen LogP contribution in [0.15, 0.2) is 29.2 Å². The van der Waals surface area contributed by atoms with Crippen molar-refractivity contribution in [2.24, 2.45) is 0 Å². The summed E-state index contributed by atoms with van der Waals surface area (Å²) in [5.41, 5.74) is 6.77. The number of anilines is 1. The standard InChI is InChI=1S/C13H14N8O3/c1-20(6-8-3-2-4-15-5-8)7-9-10(13(22)23)16-19-21(9)12-11(14)17-24-18-12/h2-5H,6-7H2,1H3,(H2,14,17)(H,22,23). The van der Waals surface area contributed by atoms with Crippen molar-refractivity contribution < 1.29 is 14.5 Å². The summed E-state index contributed by atoms with van der Waals surface area (Å²) in [5, 5.41) is 23.9. The van der Waals surface area contributed by atoms with E-state index in [0.717, 1.165) is 5.56 Å². The molecule has 3 heterocycles. The lowest BCUT2D eigenvalue weighted by molar-refractivity contribution is 0.0688. The van der Waals surface area contributed by atoms with Gasteiger partial charge in [0.2, 0.25) is 11.6 Å². The second kappa shape index (κ2) is 6.42. The fourth-order valence-electron chi connectivity index (χ4n) is 2.23. The van der Waals surface area contributed by atoms with Gasteiger partial charge in [0.05, 0.1) is 5.69 Å². The third kappa shape index (κ3) is 3.05. The van der Waals surface area contributed by atoms with Gasteiger partial charge < -0.3 is 10.8 Å². The van der Waals surface area contributed by atoms with Crippen molar-refractivity contribution >= 4 is 11.8 Å². The number of pyridine rings is 1. The second-order valence-corrected chi connectivity index (χ2v) is 5.11. The maximum atomic E-state index is 11.4. The first-order valence-electron chi connectivity index (χ1n) is 6.90. The number of hydrogen-bond acceptors (Lipinski definition) is 9. The topological polar surface area (TPSA) is 149 Å². The van der Waals surface area contributed by atoms with E-state index in [1.54, 1.807) is 12.4 Å². The van der Waals surface area contributed by atoms with E-state index in [1.165, 1.54) is 4.68 Å². The molecule has 0 aliphatic rings. The van der Waals surface area contributed by atoms with Gasteiger partial charge in [-0.15, -0.1) is 5.10 Å². The first kappa shape index (κ1) is 15.6. The summed E-state index contributed by atoms with van der Waals surface area (Å²) in [6.07, 6.45) is 3.43. The van der Waals surface area contributed by atoms with Crippen LogP contribution >= 0.6 is 0 Å². The Kier molecular flexibility index (Phi) is 4.16. The lowest BCUT2D eigenvalue weighted by atomic mass is 10.2. The summed E-state index contributed by atoms with van der Waals surface area (Å²) in [7, 11) is 1.83. The predicted molar refractivity (Wildman–Crippen MR) is 80.0 cm³/mol. The van der Waals surface area contributed by atoms with E-state index in [-0.39, 0.29) is 23.9 Å². The zero-order valence-electron chi connectivity index (χ0n) is 12.7. The van der Waals surface area contributed by atoms with Crippen LogP contribution in [0.25, 0.3) is 5.82 Å². The van der Waals surface area contributed by atoms with E-state index >= 15 is 0 Å². The van der Waals surface area contributed by atoms with E-state index in [4.69, 9.17) is 5.73 Å². The normalized spacial score (nSPS) is 11.1. The fourth-order valence-corrected chi connectivity index (χ4v) is 2.23. The van der Waals surface area contributed by atoms with Crippen LogP contribution in [-0.4, -0.2) is 53.3 Å². The molecule has 3 aromatic heterocycles. The van der Waals surface area contributed by atoms with Gasteiger partial charge in [-0.25, -0.2) is 9.42 Å². The highest BCUT2D eigenvalue weighted by Crippen LogP contribution is 2.17. The molecule has 0 aliphatic heterocycles. The predicted octanol–water partition coefficient (Wildman–Crippen LogP) is -0.0423. The highest BCUT2D eigenvalue weighted by molar-refractivity contribution is 5.86. The summed E-state index contributed by atoms with van der Waals surface area (Å²) in [5.74, 6) is -1.10. The summed E-state index contributed by atoms with van der Waals surface area (Å²) < 4.78 is 5.76. The molecule has 24 heavy (non-hydrogen) atoms. The van der Waals surface area contributed by atoms with Crippen LogP contribution in [0.1, 0.15) is 21.7 Å². The Hall–Kier alpha value is -3.34. The van der Waals surface area contributed by atoms with E-state index in [2.05, 4.69) is 30.2 Å². The number of aromatic nitrogens is 6. The minimum atomic E-state index is -1.19. The molecular formula is C13H14N8O3. The molecule has 0 spiro atoms. The molecular weight excluding hydrogens is 316 g/mol. The highest BCUT2D eigenvalue weighted by Gasteiger charge is 2.24. The third-order valence-electron chi connectivity index (χ3n) is 3.26. The number of nitrogen functional groups attached to an aromatic ring is 1. The van der Waals surface area contributed by atoms with Gasteiger partial charge in [-0.3, -0.25) is 9.88 Å². The first-order chi connectivity index (χ1) is 11.6. The van der Waals surface area contributed by atoms with Gasteiger partial charge in [0.25, 0.3) is 0 Å². The Morgan fingerprint density at radius 1 is 1.42 bits per heavy atom.